The van der Waals surface area contributed by atoms with Gasteiger partial charge in [0.05, 0.1) is 5.75 Å². The number of hydrogen-bond acceptors (Lipinski definition) is 3. The molecule has 0 saturated heterocycles. The van der Waals surface area contributed by atoms with Crippen LogP contribution < -0.4 is 5.32 Å². The molecular formula is C9H17NO3S. The van der Waals surface area contributed by atoms with Crippen LogP contribution >= 0.6 is 11.8 Å². The molecule has 5 heteroatoms. The predicted octanol–water partition coefficient (Wildman–Crippen LogP) is 1.11. The van der Waals surface area contributed by atoms with E-state index in [1.54, 1.807) is 0 Å². The van der Waals surface area contributed by atoms with Gasteiger partial charge in [-0.05, 0) is 26.5 Å². The van der Waals surface area contributed by atoms with Crippen LogP contribution in [-0.2, 0) is 9.59 Å². The van der Waals surface area contributed by atoms with Crippen molar-refractivity contribution in [2.75, 3.05) is 12.0 Å². The SMILES string of the molecule is CSCC(=O)NC(C)(C)CCC(=O)O. The van der Waals surface area contributed by atoms with Crippen LogP contribution in [0.1, 0.15) is 26.7 Å². The Hall–Kier alpha value is -0.710. The van der Waals surface area contributed by atoms with Crippen LogP contribution in [0.25, 0.3) is 0 Å². The number of carboxylic acids is 1. The quantitative estimate of drug-likeness (QED) is 0.702. The van der Waals surface area contributed by atoms with Gasteiger partial charge in [-0.2, -0.15) is 11.8 Å². The number of thioether (sulfide) groups is 1. The monoisotopic (exact) mass is 219 g/mol. The zero-order valence-corrected chi connectivity index (χ0v) is 9.61. The Morgan fingerprint density at radius 2 is 2.00 bits per heavy atom. The lowest BCUT2D eigenvalue weighted by Gasteiger charge is -2.25. The van der Waals surface area contributed by atoms with Crippen molar-refractivity contribution in [2.24, 2.45) is 0 Å². The van der Waals surface area contributed by atoms with E-state index in [1.165, 1.54) is 11.8 Å². The fourth-order valence-electron chi connectivity index (χ4n) is 1.03. The van der Waals surface area contributed by atoms with Crippen molar-refractivity contribution in [3.8, 4) is 0 Å². The van der Waals surface area contributed by atoms with Gasteiger partial charge in [0, 0.05) is 12.0 Å². The van der Waals surface area contributed by atoms with Crippen LogP contribution in [-0.4, -0.2) is 34.5 Å². The topological polar surface area (TPSA) is 66.4 Å². The lowest BCUT2D eigenvalue weighted by molar-refractivity contribution is -0.137. The summed E-state index contributed by atoms with van der Waals surface area (Å²) in [6.07, 6.45) is 2.37. The summed E-state index contributed by atoms with van der Waals surface area (Å²) in [7, 11) is 0. The molecule has 0 bridgehead atoms. The highest BCUT2D eigenvalue weighted by atomic mass is 32.2. The second-order valence-electron chi connectivity index (χ2n) is 3.76. The van der Waals surface area contributed by atoms with Gasteiger partial charge in [-0.25, -0.2) is 0 Å². The van der Waals surface area contributed by atoms with Gasteiger partial charge in [0.15, 0.2) is 0 Å². The van der Waals surface area contributed by atoms with Crippen LogP contribution in [0.15, 0.2) is 0 Å². The first-order chi connectivity index (χ1) is 6.37. The summed E-state index contributed by atoms with van der Waals surface area (Å²) in [6, 6.07) is 0. The van der Waals surface area contributed by atoms with Crippen molar-refractivity contribution in [3.63, 3.8) is 0 Å². The van der Waals surface area contributed by atoms with Gasteiger partial charge >= 0.3 is 5.97 Å². The maximum absolute atomic E-state index is 11.2. The summed E-state index contributed by atoms with van der Waals surface area (Å²) >= 11 is 1.45. The molecular weight excluding hydrogens is 202 g/mol. The van der Waals surface area contributed by atoms with E-state index < -0.39 is 11.5 Å². The predicted molar refractivity (Wildman–Crippen MR) is 57.5 cm³/mol. The molecule has 0 aromatic heterocycles. The van der Waals surface area contributed by atoms with Gasteiger partial charge < -0.3 is 10.4 Å². The standard InChI is InChI=1S/C9H17NO3S/c1-9(2,5-4-8(12)13)10-7(11)6-14-3/h4-6H2,1-3H3,(H,10,11)(H,12,13). The maximum Gasteiger partial charge on any atom is 0.303 e. The molecule has 0 aliphatic carbocycles. The molecule has 0 aromatic rings. The number of carbonyl (C=O) groups is 2. The zero-order chi connectivity index (χ0) is 11.2. The summed E-state index contributed by atoms with van der Waals surface area (Å²) < 4.78 is 0. The van der Waals surface area contributed by atoms with Crippen LogP contribution in [0.3, 0.4) is 0 Å². The molecule has 0 radical (unpaired) electrons. The minimum absolute atomic E-state index is 0.0483. The summed E-state index contributed by atoms with van der Waals surface area (Å²) in [5.41, 5.74) is -0.439. The summed E-state index contributed by atoms with van der Waals surface area (Å²) in [6.45, 7) is 3.66. The highest BCUT2D eigenvalue weighted by Crippen LogP contribution is 2.11. The average molecular weight is 219 g/mol. The Bertz CT molecular complexity index is 216. The third-order valence-corrected chi connectivity index (χ3v) is 2.27. The van der Waals surface area contributed by atoms with E-state index in [0.29, 0.717) is 12.2 Å². The third-order valence-electron chi connectivity index (χ3n) is 1.72. The smallest absolute Gasteiger partial charge is 0.303 e. The van der Waals surface area contributed by atoms with Gasteiger partial charge in [0.2, 0.25) is 5.91 Å². The van der Waals surface area contributed by atoms with Crippen LogP contribution in [0.5, 0.6) is 0 Å². The fraction of sp³-hybridized carbons (Fsp3) is 0.778. The van der Waals surface area contributed by atoms with E-state index in [1.807, 2.05) is 20.1 Å². The number of carboxylic acid groups (broad SMARTS) is 1. The second kappa shape index (κ2) is 5.90. The number of hydrogen-bond donors (Lipinski definition) is 2. The van der Waals surface area contributed by atoms with Gasteiger partial charge in [-0.15, -0.1) is 0 Å². The molecule has 0 aliphatic rings. The van der Waals surface area contributed by atoms with Gasteiger partial charge in [-0.3, -0.25) is 9.59 Å². The number of aliphatic carboxylic acids is 1. The molecule has 0 spiro atoms. The van der Waals surface area contributed by atoms with Gasteiger partial charge in [0.1, 0.15) is 0 Å². The lowest BCUT2D eigenvalue weighted by atomic mass is 9.98. The third kappa shape index (κ3) is 6.77. The molecule has 2 N–H and O–H groups in total. The Labute approximate surface area is 88.4 Å². The first-order valence-corrected chi connectivity index (χ1v) is 5.78. The number of nitrogens with one attached hydrogen (secondary N) is 1. The second-order valence-corrected chi connectivity index (χ2v) is 4.62. The molecule has 14 heavy (non-hydrogen) atoms. The molecule has 82 valence electrons. The zero-order valence-electron chi connectivity index (χ0n) is 8.79. The van der Waals surface area contributed by atoms with E-state index in [0.717, 1.165) is 0 Å². The summed E-state index contributed by atoms with van der Waals surface area (Å²) in [4.78, 5) is 21.6. The molecule has 0 saturated carbocycles. The lowest BCUT2D eigenvalue weighted by Crippen LogP contribution is -2.44. The van der Waals surface area contributed by atoms with Crippen molar-refractivity contribution in [2.45, 2.75) is 32.2 Å². The highest BCUT2D eigenvalue weighted by Gasteiger charge is 2.20. The van der Waals surface area contributed by atoms with Gasteiger partial charge in [-0.1, -0.05) is 0 Å². The largest absolute Gasteiger partial charge is 0.481 e. The molecule has 0 heterocycles. The number of amides is 1. The van der Waals surface area contributed by atoms with Gasteiger partial charge in [0.25, 0.3) is 0 Å². The number of carbonyl (C=O) groups excluding carboxylic acids is 1. The fourth-order valence-corrected chi connectivity index (χ4v) is 1.36. The number of rotatable bonds is 6. The Kier molecular flexibility index (Phi) is 5.60. The van der Waals surface area contributed by atoms with Crippen molar-refractivity contribution < 1.29 is 14.7 Å². The Balaban J connectivity index is 3.93. The average Bonchev–Trinajstić information content (AvgIpc) is 2.00. The van der Waals surface area contributed by atoms with E-state index in [4.69, 9.17) is 5.11 Å². The van der Waals surface area contributed by atoms with Crippen LogP contribution in [0, 0.1) is 0 Å². The summed E-state index contributed by atoms with van der Waals surface area (Å²) in [5, 5.41) is 11.3. The first-order valence-electron chi connectivity index (χ1n) is 4.39. The Morgan fingerprint density at radius 1 is 1.43 bits per heavy atom. The summed E-state index contributed by atoms with van der Waals surface area (Å²) in [5.74, 6) is -0.471. The molecule has 0 unspecified atom stereocenters. The minimum atomic E-state index is -0.836. The highest BCUT2D eigenvalue weighted by molar-refractivity contribution is 7.99. The molecule has 0 atom stereocenters. The molecule has 0 aromatic carbocycles. The van der Waals surface area contributed by atoms with E-state index in [2.05, 4.69) is 5.32 Å². The van der Waals surface area contributed by atoms with Crippen LogP contribution in [0.2, 0.25) is 0 Å². The minimum Gasteiger partial charge on any atom is -0.481 e. The van der Waals surface area contributed by atoms with Crippen molar-refractivity contribution >= 4 is 23.6 Å². The van der Waals surface area contributed by atoms with E-state index in [9.17, 15) is 9.59 Å². The first kappa shape index (κ1) is 13.3. The molecule has 0 aliphatic heterocycles. The maximum atomic E-state index is 11.2. The van der Waals surface area contributed by atoms with Crippen molar-refractivity contribution in [3.05, 3.63) is 0 Å². The molecule has 1 amide bonds. The van der Waals surface area contributed by atoms with E-state index in [-0.39, 0.29) is 12.3 Å². The Morgan fingerprint density at radius 3 is 2.43 bits per heavy atom. The molecule has 0 fully saturated rings. The molecule has 0 rings (SSSR count). The molecule has 4 nitrogen and oxygen atoms in total. The normalized spacial score (nSPS) is 11.1. The van der Waals surface area contributed by atoms with E-state index >= 15 is 0 Å². The van der Waals surface area contributed by atoms with Crippen LogP contribution in [0.4, 0.5) is 0 Å². The van der Waals surface area contributed by atoms with Crippen molar-refractivity contribution in [1.29, 1.82) is 0 Å². The van der Waals surface area contributed by atoms with Crippen molar-refractivity contribution in [1.82, 2.24) is 5.32 Å².